The molecule has 3 nitrogen and oxygen atoms in total. The number of ether oxygens (including phenoxy) is 2. The van der Waals surface area contributed by atoms with Crippen LogP contribution in [0.4, 0.5) is 13.2 Å². The molecule has 0 saturated heterocycles. The molecule has 6 heteroatoms. The molecule has 2 aromatic rings. The summed E-state index contributed by atoms with van der Waals surface area (Å²) in [7, 11) is 0. The van der Waals surface area contributed by atoms with Crippen LogP contribution in [-0.4, -0.2) is 24.8 Å². The van der Waals surface area contributed by atoms with Crippen molar-refractivity contribution in [3.63, 3.8) is 0 Å². The smallest absolute Gasteiger partial charge is 0.280 e. The van der Waals surface area contributed by atoms with Crippen molar-refractivity contribution in [2.75, 3.05) is 19.8 Å². The number of fused-ring (bicyclic) bond motifs is 1. The summed E-state index contributed by atoms with van der Waals surface area (Å²) in [6.07, 6.45) is 14.3. The highest BCUT2D eigenvalue weighted by Gasteiger charge is 2.47. The lowest BCUT2D eigenvalue weighted by atomic mass is 9.78. The van der Waals surface area contributed by atoms with Gasteiger partial charge in [0.25, 0.3) is 5.92 Å². The summed E-state index contributed by atoms with van der Waals surface area (Å²) in [6.45, 7) is 6.49. The van der Waals surface area contributed by atoms with Gasteiger partial charge < -0.3 is 9.47 Å². The minimum Gasteiger partial charge on any atom is -0.494 e. The van der Waals surface area contributed by atoms with Crippen LogP contribution in [0.25, 0.3) is 11.3 Å². The van der Waals surface area contributed by atoms with Crippen molar-refractivity contribution in [2.45, 2.75) is 116 Å². The monoisotopic (exact) mass is 547 g/mol. The van der Waals surface area contributed by atoms with Gasteiger partial charge in [-0.1, -0.05) is 71.6 Å². The highest BCUT2D eigenvalue weighted by molar-refractivity contribution is 5.62. The standard InChI is InChI=1S/C33H48F3NO2/c1-3-5-7-8-9-14-24-39-29-20-17-26(18-21-29)30-25-27-16-19-28(33(35,36)31(27)32(34)37-30)15-11-10-13-23-38-22-12-6-4-2/h17-18,20-21,25,28H,3-16,19,22-24H2,1-2H3. The number of alkyl halides is 2. The number of pyridine rings is 1. The van der Waals surface area contributed by atoms with Crippen LogP contribution in [0, 0.1) is 11.9 Å². The van der Waals surface area contributed by atoms with Crippen molar-refractivity contribution in [1.29, 1.82) is 0 Å². The van der Waals surface area contributed by atoms with Gasteiger partial charge in [0, 0.05) is 24.7 Å². The summed E-state index contributed by atoms with van der Waals surface area (Å²) in [5.74, 6) is -4.33. The normalized spacial score (nSPS) is 16.3. The number of halogens is 3. The Hall–Kier alpha value is -2.08. The minimum absolute atomic E-state index is 0.363. The fourth-order valence-electron chi connectivity index (χ4n) is 5.42. The lowest BCUT2D eigenvalue weighted by Crippen LogP contribution is -2.33. The molecule has 3 rings (SSSR count). The Morgan fingerprint density at radius 2 is 1.44 bits per heavy atom. The number of aromatic nitrogens is 1. The summed E-state index contributed by atoms with van der Waals surface area (Å²) < 4.78 is 57.2. The lowest BCUT2D eigenvalue weighted by molar-refractivity contribution is -0.0825. The second kappa shape index (κ2) is 16.9. The SMILES string of the molecule is CCCCCCCCOc1ccc(-c2cc3c(c(F)n2)C(F)(F)C(CCCCCOCCCCC)CC3)cc1. The maximum atomic E-state index is 15.4. The lowest BCUT2D eigenvalue weighted by Gasteiger charge is -2.33. The molecular weight excluding hydrogens is 499 g/mol. The number of hydrogen-bond donors (Lipinski definition) is 0. The molecule has 1 unspecified atom stereocenters. The van der Waals surface area contributed by atoms with Crippen molar-refractivity contribution < 1.29 is 22.6 Å². The van der Waals surface area contributed by atoms with Crippen molar-refractivity contribution in [3.8, 4) is 17.0 Å². The fraction of sp³-hybridized carbons (Fsp3) is 0.667. The first-order valence-electron chi connectivity index (χ1n) is 15.4. The Labute approximate surface area is 233 Å². The van der Waals surface area contributed by atoms with Crippen LogP contribution in [0.5, 0.6) is 5.75 Å². The summed E-state index contributed by atoms with van der Waals surface area (Å²) in [4.78, 5) is 3.97. The first-order valence-corrected chi connectivity index (χ1v) is 15.4. The van der Waals surface area contributed by atoms with Gasteiger partial charge in [-0.15, -0.1) is 0 Å². The summed E-state index contributed by atoms with van der Waals surface area (Å²) >= 11 is 0. The average molecular weight is 548 g/mol. The van der Waals surface area contributed by atoms with E-state index in [2.05, 4.69) is 18.8 Å². The van der Waals surface area contributed by atoms with Gasteiger partial charge in [-0.2, -0.15) is 4.39 Å². The molecule has 1 heterocycles. The van der Waals surface area contributed by atoms with E-state index in [0.717, 1.165) is 44.5 Å². The van der Waals surface area contributed by atoms with Crippen molar-refractivity contribution in [1.82, 2.24) is 4.98 Å². The van der Waals surface area contributed by atoms with E-state index in [0.29, 0.717) is 55.7 Å². The van der Waals surface area contributed by atoms with Crippen LogP contribution < -0.4 is 4.74 Å². The Bertz CT molecular complexity index is 964. The molecule has 1 atom stereocenters. The van der Waals surface area contributed by atoms with E-state index < -0.39 is 23.4 Å². The fourth-order valence-corrected chi connectivity index (χ4v) is 5.42. The van der Waals surface area contributed by atoms with Gasteiger partial charge in [-0.05, 0) is 74.4 Å². The quantitative estimate of drug-likeness (QED) is 0.129. The third-order valence-electron chi connectivity index (χ3n) is 7.82. The zero-order valence-electron chi connectivity index (χ0n) is 24.1. The van der Waals surface area contributed by atoms with Crippen LogP contribution in [0.1, 0.15) is 115 Å². The third-order valence-corrected chi connectivity index (χ3v) is 7.82. The van der Waals surface area contributed by atoms with Crippen molar-refractivity contribution in [3.05, 3.63) is 47.4 Å². The van der Waals surface area contributed by atoms with E-state index >= 15 is 13.2 Å². The van der Waals surface area contributed by atoms with Gasteiger partial charge in [-0.3, -0.25) is 0 Å². The van der Waals surface area contributed by atoms with Crippen LogP contribution in [-0.2, 0) is 17.1 Å². The number of benzene rings is 1. The Morgan fingerprint density at radius 1 is 0.821 bits per heavy atom. The molecule has 1 aromatic heterocycles. The molecule has 0 N–H and O–H groups in total. The van der Waals surface area contributed by atoms with Crippen molar-refractivity contribution >= 4 is 0 Å². The number of nitrogens with zero attached hydrogens (tertiary/aromatic N) is 1. The summed E-state index contributed by atoms with van der Waals surface area (Å²) in [5.41, 5.74) is 0.969. The van der Waals surface area contributed by atoms with E-state index in [1.807, 2.05) is 24.3 Å². The summed E-state index contributed by atoms with van der Waals surface area (Å²) in [5, 5.41) is 0. The maximum absolute atomic E-state index is 15.4. The van der Waals surface area contributed by atoms with Gasteiger partial charge in [0.1, 0.15) is 5.75 Å². The molecule has 1 aliphatic carbocycles. The average Bonchev–Trinajstić information content (AvgIpc) is 2.92. The van der Waals surface area contributed by atoms with Crippen LogP contribution in [0.15, 0.2) is 30.3 Å². The topological polar surface area (TPSA) is 31.4 Å². The van der Waals surface area contributed by atoms with Crippen LogP contribution in [0.2, 0.25) is 0 Å². The van der Waals surface area contributed by atoms with Gasteiger partial charge in [0.05, 0.1) is 17.9 Å². The molecule has 0 fully saturated rings. The molecule has 0 saturated carbocycles. The zero-order chi connectivity index (χ0) is 27.9. The molecule has 1 aromatic carbocycles. The molecule has 218 valence electrons. The zero-order valence-corrected chi connectivity index (χ0v) is 24.1. The van der Waals surface area contributed by atoms with E-state index in [9.17, 15) is 0 Å². The second-order valence-electron chi connectivity index (χ2n) is 11.0. The van der Waals surface area contributed by atoms with Gasteiger partial charge in [0.15, 0.2) is 0 Å². The first kappa shape index (κ1) is 31.4. The van der Waals surface area contributed by atoms with Gasteiger partial charge in [0.2, 0.25) is 5.95 Å². The Morgan fingerprint density at radius 3 is 2.18 bits per heavy atom. The molecular formula is C33H48F3NO2. The van der Waals surface area contributed by atoms with E-state index in [1.165, 1.54) is 38.5 Å². The van der Waals surface area contributed by atoms with Gasteiger partial charge in [-0.25, -0.2) is 13.8 Å². The predicted molar refractivity (Wildman–Crippen MR) is 153 cm³/mol. The van der Waals surface area contributed by atoms with Gasteiger partial charge >= 0.3 is 0 Å². The van der Waals surface area contributed by atoms with E-state index in [1.54, 1.807) is 6.07 Å². The Kier molecular flexibility index (Phi) is 13.6. The van der Waals surface area contributed by atoms with E-state index in [4.69, 9.17) is 9.47 Å². The number of hydrogen-bond acceptors (Lipinski definition) is 3. The molecule has 0 amide bonds. The molecule has 0 aliphatic heterocycles. The molecule has 39 heavy (non-hydrogen) atoms. The van der Waals surface area contributed by atoms with Crippen LogP contribution in [0.3, 0.4) is 0 Å². The molecule has 0 bridgehead atoms. The molecule has 0 radical (unpaired) electrons. The summed E-state index contributed by atoms with van der Waals surface area (Å²) in [6, 6.07) is 8.97. The maximum Gasteiger partial charge on any atom is 0.280 e. The first-order chi connectivity index (χ1) is 19.0. The molecule has 1 aliphatic rings. The largest absolute Gasteiger partial charge is 0.494 e. The third kappa shape index (κ3) is 9.81. The Balaban J connectivity index is 1.49. The number of unbranched alkanes of at least 4 members (excludes halogenated alkanes) is 9. The highest BCUT2D eigenvalue weighted by atomic mass is 19.3. The number of rotatable bonds is 19. The second-order valence-corrected chi connectivity index (χ2v) is 11.0. The van der Waals surface area contributed by atoms with Crippen molar-refractivity contribution in [2.24, 2.45) is 5.92 Å². The van der Waals surface area contributed by atoms with E-state index in [-0.39, 0.29) is 0 Å². The highest BCUT2D eigenvalue weighted by Crippen LogP contribution is 2.47. The van der Waals surface area contributed by atoms with Crippen LogP contribution >= 0.6 is 0 Å². The number of aryl methyl sites for hydroxylation is 1. The predicted octanol–water partition coefficient (Wildman–Crippen LogP) is 10.0. The minimum atomic E-state index is -3.20. The molecule has 0 spiro atoms.